The SMILES string of the molecule is CN=C(NCc1cc(OC)c(OC)c(OC)c1)NCc1cc(Cl)c(Cl)n1C.I. The van der Waals surface area contributed by atoms with Gasteiger partial charge < -0.3 is 29.4 Å². The van der Waals surface area contributed by atoms with Crippen LogP contribution in [0.5, 0.6) is 17.2 Å². The van der Waals surface area contributed by atoms with Crippen LogP contribution in [0.25, 0.3) is 0 Å². The quantitative estimate of drug-likeness (QED) is 0.316. The monoisotopic (exact) mass is 542 g/mol. The van der Waals surface area contributed by atoms with Gasteiger partial charge in [0.05, 0.1) is 32.9 Å². The first-order valence-corrected chi connectivity index (χ1v) is 8.93. The molecule has 2 aromatic rings. The smallest absolute Gasteiger partial charge is 0.203 e. The highest BCUT2D eigenvalue weighted by molar-refractivity contribution is 14.0. The summed E-state index contributed by atoms with van der Waals surface area (Å²) >= 11 is 12.1. The van der Waals surface area contributed by atoms with Gasteiger partial charge in [-0.25, -0.2) is 0 Å². The molecule has 156 valence electrons. The highest BCUT2D eigenvalue weighted by Crippen LogP contribution is 2.38. The van der Waals surface area contributed by atoms with E-state index in [0.29, 0.717) is 46.5 Å². The Labute approximate surface area is 192 Å². The van der Waals surface area contributed by atoms with Crippen molar-refractivity contribution < 1.29 is 14.2 Å². The van der Waals surface area contributed by atoms with E-state index < -0.39 is 0 Å². The standard InChI is InChI=1S/C18H24Cl2N4O3.HI/c1-21-18(23-10-12-8-13(19)17(20)24(12)2)22-9-11-6-14(25-3)16(27-5)15(7-11)26-4;/h6-8H,9-10H2,1-5H3,(H2,21,22,23);1H. The normalized spacial score (nSPS) is 10.9. The number of nitrogens with one attached hydrogen (secondary N) is 2. The summed E-state index contributed by atoms with van der Waals surface area (Å²) in [7, 11) is 8.31. The topological polar surface area (TPSA) is 69.0 Å². The molecule has 1 aromatic carbocycles. The average Bonchev–Trinajstić information content (AvgIpc) is 2.93. The van der Waals surface area contributed by atoms with Crippen LogP contribution >= 0.6 is 47.2 Å². The van der Waals surface area contributed by atoms with Crippen LogP contribution in [-0.4, -0.2) is 38.9 Å². The van der Waals surface area contributed by atoms with E-state index in [4.69, 9.17) is 37.4 Å². The second-order valence-electron chi connectivity index (χ2n) is 5.65. The molecular formula is C18H25Cl2IN4O3. The minimum Gasteiger partial charge on any atom is -0.493 e. The molecule has 0 saturated carbocycles. The van der Waals surface area contributed by atoms with Crippen molar-refractivity contribution in [1.29, 1.82) is 0 Å². The third kappa shape index (κ3) is 5.74. The van der Waals surface area contributed by atoms with Crippen LogP contribution in [0, 0.1) is 0 Å². The number of benzene rings is 1. The fraction of sp³-hybridized carbons (Fsp3) is 0.389. The Balaban J connectivity index is 0.00000392. The molecule has 1 aromatic heterocycles. The first-order valence-electron chi connectivity index (χ1n) is 8.18. The molecular weight excluding hydrogens is 518 g/mol. The van der Waals surface area contributed by atoms with Crippen molar-refractivity contribution >= 4 is 53.1 Å². The molecule has 1 heterocycles. The fourth-order valence-corrected chi connectivity index (χ4v) is 2.99. The summed E-state index contributed by atoms with van der Waals surface area (Å²) < 4.78 is 17.9. The summed E-state index contributed by atoms with van der Waals surface area (Å²) in [6.45, 7) is 1.04. The molecule has 10 heteroatoms. The molecule has 0 amide bonds. The maximum absolute atomic E-state index is 6.09. The minimum absolute atomic E-state index is 0. The van der Waals surface area contributed by atoms with Crippen molar-refractivity contribution in [2.24, 2.45) is 12.0 Å². The lowest BCUT2D eigenvalue weighted by atomic mass is 10.2. The van der Waals surface area contributed by atoms with E-state index in [0.717, 1.165) is 11.3 Å². The minimum atomic E-state index is 0. The number of aliphatic imine (C=N–C) groups is 1. The van der Waals surface area contributed by atoms with Crippen molar-refractivity contribution in [3.05, 3.63) is 39.6 Å². The molecule has 0 aliphatic carbocycles. The number of hydrogen-bond donors (Lipinski definition) is 2. The van der Waals surface area contributed by atoms with Gasteiger partial charge in [-0.1, -0.05) is 23.2 Å². The van der Waals surface area contributed by atoms with Crippen LogP contribution < -0.4 is 24.8 Å². The Morgan fingerprint density at radius 3 is 2.00 bits per heavy atom. The summed E-state index contributed by atoms with van der Waals surface area (Å²) in [4.78, 5) is 4.23. The molecule has 0 spiro atoms. The Kier molecular flexibility index (Phi) is 10.0. The second-order valence-corrected chi connectivity index (χ2v) is 6.41. The number of hydrogen-bond acceptors (Lipinski definition) is 4. The van der Waals surface area contributed by atoms with Gasteiger partial charge >= 0.3 is 0 Å². The number of nitrogens with zero attached hydrogens (tertiary/aromatic N) is 2. The number of halogens is 3. The van der Waals surface area contributed by atoms with Crippen LogP contribution in [0.2, 0.25) is 10.2 Å². The largest absolute Gasteiger partial charge is 0.493 e. The first-order chi connectivity index (χ1) is 12.9. The van der Waals surface area contributed by atoms with Crippen LogP contribution in [-0.2, 0) is 20.1 Å². The lowest BCUT2D eigenvalue weighted by Crippen LogP contribution is -2.36. The van der Waals surface area contributed by atoms with E-state index in [1.807, 2.05) is 29.8 Å². The molecule has 0 unspecified atom stereocenters. The Bertz CT molecular complexity index is 802. The van der Waals surface area contributed by atoms with Crippen molar-refractivity contribution in [2.45, 2.75) is 13.1 Å². The van der Waals surface area contributed by atoms with E-state index in [9.17, 15) is 0 Å². The third-order valence-corrected chi connectivity index (χ3v) is 4.90. The van der Waals surface area contributed by atoms with Crippen molar-refractivity contribution in [3.8, 4) is 17.2 Å². The second kappa shape index (κ2) is 11.5. The van der Waals surface area contributed by atoms with Gasteiger partial charge in [0.2, 0.25) is 5.75 Å². The summed E-state index contributed by atoms with van der Waals surface area (Å²) in [6, 6.07) is 5.60. The van der Waals surface area contributed by atoms with Crippen LogP contribution in [0.3, 0.4) is 0 Å². The molecule has 0 aliphatic heterocycles. The van der Waals surface area contributed by atoms with Crippen LogP contribution in [0.15, 0.2) is 23.2 Å². The van der Waals surface area contributed by atoms with Crippen molar-refractivity contribution in [2.75, 3.05) is 28.4 Å². The maximum atomic E-state index is 6.09. The number of guanidine groups is 1. The zero-order valence-corrected chi connectivity index (χ0v) is 20.3. The fourth-order valence-electron chi connectivity index (χ4n) is 2.58. The van der Waals surface area contributed by atoms with Gasteiger partial charge in [-0.3, -0.25) is 4.99 Å². The predicted molar refractivity (Wildman–Crippen MR) is 124 cm³/mol. The van der Waals surface area contributed by atoms with Gasteiger partial charge in [-0.2, -0.15) is 0 Å². The Morgan fingerprint density at radius 2 is 1.57 bits per heavy atom. The van der Waals surface area contributed by atoms with E-state index in [-0.39, 0.29) is 24.0 Å². The summed E-state index contributed by atoms with van der Waals surface area (Å²) in [5.74, 6) is 2.40. The Morgan fingerprint density at radius 1 is 1.00 bits per heavy atom. The molecule has 2 rings (SSSR count). The summed E-state index contributed by atoms with van der Waals surface area (Å²) in [5.41, 5.74) is 1.90. The number of methoxy groups -OCH3 is 3. The average molecular weight is 543 g/mol. The molecule has 0 atom stereocenters. The zero-order valence-electron chi connectivity index (χ0n) is 16.4. The zero-order chi connectivity index (χ0) is 20.0. The van der Waals surface area contributed by atoms with E-state index >= 15 is 0 Å². The molecule has 0 bridgehead atoms. The summed E-state index contributed by atoms with van der Waals surface area (Å²) in [5, 5.41) is 7.51. The lowest BCUT2D eigenvalue weighted by Gasteiger charge is -2.16. The van der Waals surface area contributed by atoms with Crippen molar-refractivity contribution in [1.82, 2.24) is 15.2 Å². The van der Waals surface area contributed by atoms with Crippen LogP contribution in [0.4, 0.5) is 0 Å². The first kappa shape index (κ1) is 24.5. The Hall–Kier alpha value is -1.52. The molecule has 0 fully saturated rings. The van der Waals surface area contributed by atoms with E-state index in [1.54, 1.807) is 28.4 Å². The van der Waals surface area contributed by atoms with Gasteiger partial charge in [-0.05, 0) is 23.8 Å². The predicted octanol–water partition coefficient (Wildman–Crippen LogP) is 3.84. The van der Waals surface area contributed by atoms with Gasteiger partial charge in [-0.15, -0.1) is 24.0 Å². The summed E-state index contributed by atoms with van der Waals surface area (Å²) in [6.07, 6.45) is 0. The highest BCUT2D eigenvalue weighted by atomic mass is 127. The number of rotatable bonds is 7. The number of aromatic nitrogens is 1. The van der Waals surface area contributed by atoms with Gasteiger partial charge in [0.25, 0.3) is 0 Å². The molecule has 0 aliphatic rings. The number of ether oxygens (including phenoxy) is 3. The molecule has 0 saturated heterocycles. The lowest BCUT2D eigenvalue weighted by molar-refractivity contribution is 0.323. The highest BCUT2D eigenvalue weighted by Gasteiger charge is 2.14. The van der Waals surface area contributed by atoms with E-state index in [2.05, 4.69) is 15.6 Å². The van der Waals surface area contributed by atoms with Crippen molar-refractivity contribution in [3.63, 3.8) is 0 Å². The van der Waals surface area contributed by atoms with E-state index in [1.165, 1.54) is 0 Å². The molecule has 28 heavy (non-hydrogen) atoms. The van der Waals surface area contributed by atoms with Gasteiger partial charge in [0.15, 0.2) is 17.5 Å². The van der Waals surface area contributed by atoms with Gasteiger partial charge in [0.1, 0.15) is 5.15 Å². The maximum Gasteiger partial charge on any atom is 0.203 e. The van der Waals surface area contributed by atoms with Gasteiger partial charge in [0, 0.05) is 26.3 Å². The third-order valence-electron chi connectivity index (χ3n) is 4.06. The molecule has 0 radical (unpaired) electrons. The van der Waals surface area contributed by atoms with Crippen LogP contribution in [0.1, 0.15) is 11.3 Å². The molecule has 7 nitrogen and oxygen atoms in total. The molecule has 2 N–H and O–H groups in total.